The molecule has 7 nitrogen and oxygen atoms in total. The first-order valence-electron chi connectivity index (χ1n) is 9.97. The smallest absolute Gasteiger partial charge is 0.243 e. The molecule has 1 aliphatic heterocycles. The second-order valence-electron chi connectivity index (χ2n) is 7.17. The van der Waals surface area contributed by atoms with Crippen LogP contribution in [0.2, 0.25) is 0 Å². The Morgan fingerprint density at radius 3 is 2.64 bits per heavy atom. The maximum atomic E-state index is 12.9. The van der Waals surface area contributed by atoms with Gasteiger partial charge in [-0.3, -0.25) is 4.79 Å². The Balaban J connectivity index is 1.91. The predicted octanol–water partition coefficient (Wildman–Crippen LogP) is 2.42. The van der Waals surface area contributed by atoms with Gasteiger partial charge in [0, 0.05) is 26.2 Å². The number of piperidine rings is 1. The SMILES string of the molecule is CCOc1ccc(S(=O)(=O)N2CCC[C@@H](C(=O)NCCCOC(C)C)C2)cc1. The number of hydrogen-bond donors (Lipinski definition) is 1. The van der Waals surface area contributed by atoms with Crippen LogP contribution in [0, 0.1) is 5.92 Å². The highest BCUT2D eigenvalue weighted by atomic mass is 32.2. The molecule has 1 saturated heterocycles. The van der Waals surface area contributed by atoms with Gasteiger partial charge in [-0.15, -0.1) is 0 Å². The quantitative estimate of drug-likeness (QED) is 0.597. The summed E-state index contributed by atoms with van der Waals surface area (Å²) >= 11 is 0. The number of ether oxygens (including phenoxy) is 2. The van der Waals surface area contributed by atoms with Gasteiger partial charge in [-0.1, -0.05) is 0 Å². The van der Waals surface area contributed by atoms with Crippen LogP contribution in [0.5, 0.6) is 5.75 Å². The van der Waals surface area contributed by atoms with E-state index in [2.05, 4.69) is 5.32 Å². The van der Waals surface area contributed by atoms with Gasteiger partial charge < -0.3 is 14.8 Å². The Hall–Kier alpha value is -1.64. The van der Waals surface area contributed by atoms with Gasteiger partial charge in [0.05, 0.1) is 23.5 Å². The lowest BCUT2D eigenvalue weighted by Gasteiger charge is -2.31. The van der Waals surface area contributed by atoms with E-state index in [1.807, 2.05) is 20.8 Å². The van der Waals surface area contributed by atoms with Crippen molar-refractivity contribution in [3.8, 4) is 5.75 Å². The van der Waals surface area contributed by atoms with E-state index in [0.717, 1.165) is 6.42 Å². The topological polar surface area (TPSA) is 84.9 Å². The van der Waals surface area contributed by atoms with Crippen LogP contribution in [0.4, 0.5) is 0 Å². The molecule has 1 atom stereocenters. The summed E-state index contributed by atoms with van der Waals surface area (Å²) in [6.45, 7) is 8.12. The Bertz CT molecular complexity index is 719. The van der Waals surface area contributed by atoms with E-state index >= 15 is 0 Å². The summed E-state index contributed by atoms with van der Waals surface area (Å²) in [6.07, 6.45) is 2.29. The number of sulfonamides is 1. The van der Waals surface area contributed by atoms with Crippen molar-refractivity contribution < 1.29 is 22.7 Å². The van der Waals surface area contributed by atoms with Gasteiger partial charge in [-0.25, -0.2) is 8.42 Å². The summed E-state index contributed by atoms with van der Waals surface area (Å²) in [5.74, 6) is 0.229. The van der Waals surface area contributed by atoms with Crippen LogP contribution in [0.1, 0.15) is 40.0 Å². The summed E-state index contributed by atoms with van der Waals surface area (Å²) < 4.78 is 38.1. The van der Waals surface area contributed by atoms with Crippen molar-refractivity contribution >= 4 is 15.9 Å². The third-order valence-corrected chi connectivity index (χ3v) is 6.48. The first-order chi connectivity index (χ1) is 13.3. The number of carbonyl (C=O) groups is 1. The minimum absolute atomic E-state index is 0.0869. The molecular weight excluding hydrogens is 380 g/mol. The van der Waals surface area contributed by atoms with Crippen LogP contribution < -0.4 is 10.1 Å². The van der Waals surface area contributed by atoms with Crippen molar-refractivity contribution in [3.05, 3.63) is 24.3 Å². The Labute approximate surface area is 168 Å². The fourth-order valence-corrected chi connectivity index (χ4v) is 4.67. The first kappa shape index (κ1) is 22.6. The fraction of sp³-hybridized carbons (Fsp3) is 0.650. The van der Waals surface area contributed by atoms with Crippen molar-refractivity contribution in [1.82, 2.24) is 9.62 Å². The number of hydrogen-bond acceptors (Lipinski definition) is 5. The van der Waals surface area contributed by atoms with Gasteiger partial charge in [0.2, 0.25) is 15.9 Å². The summed E-state index contributed by atoms with van der Waals surface area (Å²) in [6, 6.07) is 6.42. The molecule has 1 aliphatic rings. The Kier molecular flexibility index (Phi) is 8.72. The molecule has 1 heterocycles. The Morgan fingerprint density at radius 1 is 1.29 bits per heavy atom. The van der Waals surface area contributed by atoms with Crippen LogP contribution in [0.25, 0.3) is 0 Å². The van der Waals surface area contributed by atoms with E-state index in [4.69, 9.17) is 9.47 Å². The fourth-order valence-electron chi connectivity index (χ4n) is 3.15. The van der Waals surface area contributed by atoms with Gasteiger partial charge in [0.25, 0.3) is 0 Å². The summed E-state index contributed by atoms with van der Waals surface area (Å²) in [7, 11) is -3.62. The zero-order valence-electron chi connectivity index (χ0n) is 17.0. The molecule has 1 aromatic carbocycles. The second-order valence-corrected chi connectivity index (χ2v) is 9.11. The molecular formula is C20H32N2O5S. The van der Waals surface area contributed by atoms with Crippen molar-refractivity contribution in [2.45, 2.75) is 51.0 Å². The largest absolute Gasteiger partial charge is 0.494 e. The second kappa shape index (κ2) is 10.8. The normalized spacial score (nSPS) is 18.2. The zero-order chi connectivity index (χ0) is 20.6. The van der Waals surface area contributed by atoms with Crippen LogP contribution in [-0.2, 0) is 19.6 Å². The third-order valence-electron chi connectivity index (χ3n) is 4.60. The van der Waals surface area contributed by atoms with Crippen molar-refractivity contribution in [3.63, 3.8) is 0 Å². The van der Waals surface area contributed by atoms with E-state index in [9.17, 15) is 13.2 Å². The molecule has 8 heteroatoms. The van der Waals surface area contributed by atoms with Gasteiger partial charge in [-0.2, -0.15) is 4.31 Å². The number of nitrogens with zero attached hydrogens (tertiary/aromatic N) is 1. The lowest BCUT2D eigenvalue weighted by atomic mass is 9.99. The number of rotatable bonds is 10. The molecule has 1 aromatic rings. The number of benzene rings is 1. The minimum Gasteiger partial charge on any atom is -0.494 e. The molecule has 1 N–H and O–H groups in total. The Morgan fingerprint density at radius 2 is 2.00 bits per heavy atom. The average Bonchev–Trinajstić information content (AvgIpc) is 2.68. The highest BCUT2D eigenvalue weighted by Crippen LogP contribution is 2.25. The number of carbonyl (C=O) groups excluding carboxylic acids is 1. The minimum atomic E-state index is -3.62. The van der Waals surface area contributed by atoms with Crippen molar-refractivity contribution in [2.75, 3.05) is 32.8 Å². The van der Waals surface area contributed by atoms with E-state index in [1.54, 1.807) is 24.3 Å². The first-order valence-corrected chi connectivity index (χ1v) is 11.4. The molecule has 28 heavy (non-hydrogen) atoms. The van der Waals surface area contributed by atoms with Crippen LogP contribution in [0.3, 0.4) is 0 Å². The van der Waals surface area contributed by atoms with Gasteiger partial charge in [-0.05, 0) is 64.3 Å². The molecule has 158 valence electrons. The van der Waals surface area contributed by atoms with Crippen LogP contribution in [0.15, 0.2) is 29.2 Å². The number of nitrogens with one attached hydrogen (secondary N) is 1. The molecule has 1 fully saturated rings. The molecule has 0 radical (unpaired) electrons. The summed E-state index contributed by atoms with van der Waals surface area (Å²) in [4.78, 5) is 12.7. The van der Waals surface area contributed by atoms with Crippen LogP contribution in [-0.4, -0.2) is 57.6 Å². The lowest BCUT2D eigenvalue weighted by Crippen LogP contribution is -2.45. The molecule has 0 unspecified atom stereocenters. The van der Waals surface area contributed by atoms with Gasteiger partial charge >= 0.3 is 0 Å². The molecule has 0 bridgehead atoms. The van der Waals surface area contributed by atoms with Crippen molar-refractivity contribution in [1.29, 1.82) is 0 Å². The maximum absolute atomic E-state index is 12.9. The average molecular weight is 413 g/mol. The van der Waals surface area contributed by atoms with E-state index in [1.165, 1.54) is 4.31 Å². The lowest BCUT2D eigenvalue weighted by molar-refractivity contribution is -0.126. The zero-order valence-corrected chi connectivity index (χ0v) is 17.8. The highest BCUT2D eigenvalue weighted by molar-refractivity contribution is 7.89. The molecule has 0 saturated carbocycles. The predicted molar refractivity (Wildman–Crippen MR) is 108 cm³/mol. The molecule has 1 amide bonds. The van der Waals surface area contributed by atoms with Crippen molar-refractivity contribution in [2.24, 2.45) is 5.92 Å². The van der Waals surface area contributed by atoms with E-state index < -0.39 is 10.0 Å². The molecule has 2 rings (SSSR count). The van der Waals surface area contributed by atoms with E-state index in [-0.39, 0.29) is 29.4 Å². The van der Waals surface area contributed by atoms with E-state index in [0.29, 0.717) is 44.9 Å². The maximum Gasteiger partial charge on any atom is 0.243 e. The molecule has 0 aromatic heterocycles. The van der Waals surface area contributed by atoms with Crippen LogP contribution >= 0.6 is 0 Å². The third kappa shape index (κ3) is 6.46. The molecule has 0 spiro atoms. The summed E-state index contributed by atoms with van der Waals surface area (Å²) in [5.41, 5.74) is 0. The number of amides is 1. The summed E-state index contributed by atoms with van der Waals surface area (Å²) in [5, 5.41) is 2.90. The highest BCUT2D eigenvalue weighted by Gasteiger charge is 2.33. The van der Waals surface area contributed by atoms with Gasteiger partial charge in [0.1, 0.15) is 5.75 Å². The standard InChI is InChI=1S/C20H32N2O5S/c1-4-26-18-8-10-19(11-9-18)28(24,25)22-13-5-7-17(15-22)20(23)21-12-6-14-27-16(2)3/h8-11,16-17H,4-7,12-15H2,1-3H3,(H,21,23)/t17-/m1/s1. The molecule has 0 aliphatic carbocycles. The monoisotopic (exact) mass is 412 g/mol. The van der Waals surface area contributed by atoms with Gasteiger partial charge in [0.15, 0.2) is 0 Å².